The van der Waals surface area contributed by atoms with E-state index in [1.807, 2.05) is 0 Å². The van der Waals surface area contributed by atoms with Crippen LogP contribution in [0.4, 0.5) is 0 Å². The Kier molecular flexibility index (Phi) is 3.29. The highest BCUT2D eigenvalue weighted by Gasteiger charge is 2.18. The van der Waals surface area contributed by atoms with Gasteiger partial charge in [0, 0.05) is 5.56 Å². The maximum atomic E-state index is 12.2. The highest BCUT2D eigenvalue weighted by atomic mass is 16.5. The van der Waals surface area contributed by atoms with E-state index in [1.165, 1.54) is 19.2 Å². The van der Waals surface area contributed by atoms with Gasteiger partial charge in [-0.2, -0.15) is 0 Å². The quantitative estimate of drug-likeness (QED) is 0.580. The molecule has 0 saturated heterocycles. The minimum absolute atomic E-state index is 0.0939. The van der Waals surface area contributed by atoms with Crippen LogP contribution < -0.4 is 4.74 Å². The molecule has 0 spiro atoms. The second-order valence-corrected chi connectivity index (χ2v) is 3.89. The topological polar surface area (TPSA) is 87.0 Å². The summed E-state index contributed by atoms with van der Waals surface area (Å²) in [5, 5.41) is 28.3. The fourth-order valence-electron chi connectivity index (χ4n) is 1.67. The standard InChI is InChI=1S/C14H12O5/c1-19-9-4-2-3-8(7-9)12(16)10-5-6-11(15)14(18)13(10)17/h2-7,15,17-18H,1H3. The molecule has 0 atom stereocenters. The second-order valence-electron chi connectivity index (χ2n) is 3.89. The van der Waals surface area contributed by atoms with E-state index in [2.05, 4.69) is 0 Å². The monoisotopic (exact) mass is 260 g/mol. The number of carbonyl (C=O) groups is 1. The van der Waals surface area contributed by atoms with Crippen LogP contribution in [-0.4, -0.2) is 28.2 Å². The molecular weight excluding hydrogens is 248 g/mol. The summed E-state index contributed by atoms with van der Waals surface area (Å²) in [6.45, 7) is 0. The van der Waals surface area contributed by atoms with Gasteiger partial charge in [0.1, 0.15) is 5.75 Å². The van der Waals surface area contributed by atoms with Crippen LogP contribution in [0, 0.1) is 0 Å². The Morgan fingerprint density at radius 2 is 1.79 bits per heavy atom. The molecule has 2 rings (SSSR count). The van der Waals surface area contributed by atoms with Crippen molar-refractivity contribution >= 4 is 5.78 Å². The minimum atomic E-state index is -0.714. The van der Waals surface area contributed by atoms with Crippen molar-refractivity contribution in [3.63, 3.8) is 0 Å². The molecule has 0 aliphatic carbocycles. The SMILES string of the molecule is COc1cccc(C(=O)c2ccc(O)c(O)c2O)c1. The fraction of sp³-hybridized carbons (Fsp3) is 0.0714. The van der Waals surface area contributed by atoms with Gasteiger partial charge in [0.15, 0.2) is 17.3 Å². The predicted octanol–water partition coefficient (Wildman–Crippen LogP) is 2.04. The second kappa shape index (κ2) is 4.89. The zero-order valence-electron chi connectivity index (χ0n) is 10.1. The van der Waals surface area contributed by atoms with Crippen LogP contribution in [0.3, 0.4) is 0 Å². The first-order valence-electron chi connectivity index (χ1n) is 5.47. The first-order chi connectivity index (χ1) is 9.04. The first-order valence-corrected chi connectivity index (χ1v) is 5.47. The molecule has 0 saturated carbocycles. The van der Waals surface area contributed by atoms with Crippen LogP contribution in [0.1, 0.15) is 15.9 Å². The molecule has 0 radical (unpaired) electrons. The van der Waals surface area contributed by atoms with Crippen LogP contribution in [0.5, 0.6) is 23.0 Å². The highest BCUT2D eigenvalue weighted by molar-refractivity contribution is 6.11. The van der Waals surface area contributed by atoms with Gasteiger partial charge in [0.05, 0.1) is 12.7 Å². The molecule has 0 aliphatic heterocycles. The molecule has 5 nitrogen and oxygen atoms in total. The van der Waals surface area contributed by atoms with Crippen LogP contribution in [0.15, 0.2) is 36.4 Å². The lowest BCUT2D eigenvalue weighted by Crippen LogP contribution is -2.02. The summed E-state index contributed by atoms with van der Waals surface area (Å²) in [4.78, 5) is 12.2. The molecule has 0 bridgehead atoms. The molecule has 0 amide bonds. The Morgan fingerprint density at radius 3 is 2.47 bits per heavy atom. The molecule has 0 aromatic heterocycles. The third-order valence-electron chi connectivity index (χ3n) is 2.71. The van der Waals surface area contributed by atoms with Gasteiger partial charge in [-0.25, -0.2) is 0 Å². The third-order valence-corrected chi connectivity index (χ3v) is 2.71. The summed E-state index contributed by atoms with van der Waals surface area (Å²) in [5.74, 6) is -1.82. The maximum absolute atomic E-state index is 12.2. The molecular formula is C14H12O5. The minimum Gasteiger partial charge on any atom is -0.504 e. The van der Waals surface area contributed by atoms with E-state index in [0.29, 0.717) is 11.3 Å². The number of phenolic OH excluding ortho intramolecular Hbond substituents is 3. The van der Waals surface area contributed by atoms with Gasteiger partial charge >= 0.3 is 0 Å². The van der Waals surface area contributed by atoms with E-state index in [4.69, 9.17) is 4.74 Å². The summed E-state index contributed by atoms with van der Waals surface area (Å²) < 4.78 is 5.01. The van der Waals surface area contributed by atoms with E-state index >= 15 is 0 Å². The van der Waals surface area contributed by atoms with Crippen LogP contribution in [0.25, 0.3) is 0 Å². The lowest BCUT2D eigenvalue weighted by atomic mass is 10.0. The number of methoxy groups -OCH3 is 1. The van der Waals surface area contributed by atoms with Crippen LogP contribution >= 0.6 is 0 Å². The van der Waals surface area contributed by atoms with Crippen molar-refractivity contribution in [3.8, 4) is 23.0 Å². The first kappa shape index (κ1) is 12.8. The molecule has 2 aromatic rings. The van der Waals surface area contributed by atoms with Crippen molar-refractivity contribution in [2.75, 3.05) is 7.11 Å². The number of ether oxygens (including phenoxy) is 1. The maximum Gasteiger partial charge on any atom is 0.201 e. The van der Waals surface area contributed by atoms with Crippen molar-refractivity contribution in [1.82, 2.24) is 0 Å². The van der Waals surface area contributed by atoms with E-state index in [0.717, 1.165) is 6.07 Å². The number of hydrogen-bond acceptors (Lipinski definition) is 5. The van der Waals surface area contributed by atoms with E-state index in [-0.39, 0.29) is 5.56 Å². The number of hydrogen-bond donors (Lipinski definition) is 3. The summed E-state index contributed by atoms with van der Waals surface area (Å²) >= 11 is 0. The summed E-state index contributed by atoms with van der Waals surface area (Å²) in [7, 11) is 1.48. The molecule has 5 heteroatoms. The average molecular weight is 260 g/mol. The summed E-state index contributed by atoms with van der Waals surface area (Å²) in [5.41, 5.74) is 0.211. The number of rotatable bonds is 3. The molecule has 98 valence electrons. The van der Waals surface area contributed by atoms with Crippen LogP contribution in [-0.2, 0) is 0 Å². The Bertz CT molecular complexity index is 634. The normalized spacial score (nSPS) is 10.2. The van der Waals surface area contributed by atoms with Gasteiger partial charge in [-0.15, -0.1) is 0 Å². The Balaban J connectivity index is 2.47. The smallest absolute Gasteiger partial charge is 0.201 e. The molecule has 3 N–H and O–H groups in total. The molecule has 0 fully saturated rings. The van der Waals surface area contributed by atoms with Crippen molar-refractivity contribution in [2.24, 2.45) is 0 Å². The van der Waals surface area contributed by atoms with E-state index in [1.54, 1.807) is 18.2 Å². The molecule has 2 aromatic carbocycles. The largest absolute Gasteiger partial charge is 0.504 e. The number of phenols is 3. The van der Waals surface area contributed by atoms with E-state index in [9.17, 15) is 20.1 Å². The zero-order chi connectivity index (χ0) is 14.0. The number of benzene rings is 2. The van der Waals surface area contributed by atoms with Crippen LogP contribution in [0.2, 0.25) is 0 Å². The van der Waals surface area contributed by atoms with Gasteiger partial charge in [0.2, 0.25) is 5.75 Å². The zero-order valence-corrected chi connectivity index (χ0v) is 10.1. The summed E-state index contributed by atoms with van der Waals surface area (Å²) in [6, 6.07) is 8.79. The van der Waals surface area contributed by atoms with E-state index < -0.39 is 23.0 Å². The highest BCUT2D eigenvalue weighted by Crippen LogP contribution is 2.38. The molecule has 0 heterocycles. The summed E-state index contributed by atoms with van der Waals surface area (Å²) in [6.07, 6.45) is 0. The fourth-order valence-corrected chi connectivity index (χ4v) is 1.67. The molecule has 19 heavy (non-hydrogen) atoms. The van der Waals surface area contributed by atoms with Gasteiger partial charge in [-0.1, -0.05) is 12.1 Å². The average Bonchev–Trinajstić information content (AvgIpc) is 2.44. The Morgan fingerprint density at radius 1 is 1.05 bits per heavy atom. The Hall–Kier alpha value is -2.69. The lowest BCUT2D eigenvalue weighted by Gasteiger charge is -2.07. The van der Waals surface area contributed by atoms with Crippen molar-refractivity contribution in [1.29, 1.82) is 0 Å². The molecule has 0 aliphatic rings. The van der Waals surface area contributed by atoms with Gasteiger partial charge in [-0.3, -0.25) is 4.79 Å². The predicted molar refractivity (Wildman–Crippen MR) is 67.9 cm³/mol. The lowest BCUT2D eigenvalue weighted by molar-refractivity contribution is 0.103. The van der Waals surface area contributed by atoms with Gasteiger partial charge < -0.3 is 20.1 Å². The molecule has 0 unspecified atom stereocenters. The number of carbonyl (C=O) groups excluding carboxylic acids is 1. The third kappa shape index (κ3) is 2.30. The van der Waals surface area contributed by atoms with Gasteiger partial charge in [0.25, 0.3) is 0 Å². The number of aromatic hydroxyl groups is 3. The van der Waals surface area contributed by atoms with Crippen molar-refractivity contribution in [3.05, 3.63) is 47.5 Å². The van der Waals surface area contributed by atoms with Crippen molar-refractivity contribution < 1.29 is 24.9 Å². The van der Waals surface area contributed by atoms with Crippen molar-refractivity contribution in [2.45, 2.75) is 0 Å². The number of ketones is 1. The van der Waals surface area contributed by atoms with Gasteiger partial charge in [-0.05, 0) is 24.3 Å². The Labute approximate surface area is 109 Å².